The normalized spacial score (nSPS) is 11.4. The van der Waals surface area contributed by atoms with Gasteiger partial charge in [0, 0.05) is 22.3 Å². The first kappa shape index (κ1) is 19.8. The van der Waals surface area contributed by atoms with Gasteiger partial charge in [0.05, 0.1) is 0 Å². The fourth-order valence-electron chi connectivity index (χ4n) is 2.67. The van der Waals surface area contributed by atoms with Crippen LogP contribution in [0.2, 0.25) is 0 Å². The summed E-state index contributed by atoms with van der Waals surface area (Å²) in [4.78, 5) is 12.8. The highest BCUT2D eigenvalue weighted by molar-refractivity contribution is 7.99. The van der Waals surface area contributed by atoms with Crippen LogP contribution in [-0.2, 0) is 9.53 Å². The van der Waals surface area contributed by atoms with E-state index in [1.165, 1.54) is 6.08 Å². The Hall–Kier alpha value is -2.98. The second-order valence-electron chi connectivity index (χ2n) is 6.06. The van der Waals surface area contributed by atoms with Crippen LogP contribution in [0, 0.1) is 0 Å². The van der Waals surface area contributed by atoms with E-state index in [9.17, 15) is 4.79 Å². The van der Waals surface area contributed by atoms with Crippen LogP contribution < -0.4 is 4.74 Å². The van der Waals surface area contributed by atoms with Crippen molar-refractivity contribution in [2.24, 2.45) is 0 Å². The third kappa shape index (κ3) is 5.76. The Morgan fingerprint density at radius 1 is 0.929 bits per heavy atom. The molecule has 1 unspecified atom stereocenters. The Labute approximate surface area is 170 Å². The van der Waals surface area contributed by atoms with E-state index >= 15 is 0 Å². The third-order valence-electron chi connectivity index (χ3n) is 4.03. The molecule has 0 fully saturated rings. The predicted molar refractivity (Wildman–Crippen MR) is 115 cm³/mol. The van der Waals surface area contributed by atoms with Gasteiger partial charge in [0.2, 0.25) is 0 Å². The van der Waals surface area contributed by atoms with Gasteiger partial charge in [0.15, 0.2) is 0 Å². The molecule has 3 aromatic carbocycles. The molecule has 0 aliphatic carbocycles. The summed E-state index contributed by atoms with van der Waals surface area (Å²) in [5.74, 6) is 0.911. The summed E-state index contributed by atoms with van der Waals surface area (Å²) in [5, 5.41) is 0. The Morgan fingerprint density at radius 2 is 1.57 bits per heavy atom. The molecule has 0 saturated carbocycles. The van der Waals surface area contributed by atoms with Crippen molar-refractivity contribution in [3.05, 3.63) is 97.6 Å². The highest BCUT2D eigenvalue weighted by Crippen LogP contribution is 2.30. The van der Waals surface area contributed by atoms with Gasteiger partial charge in [-0.25, -0.2) is 4.79 Å². The minimum Gasteiger partial charge on any atom is -0.489 e. The zero-order valence-corrected chi connectivity index (χ0v) is 16.3. The van der Waals surface area contributed by atoms with Crippen LogP contribution in [0.25, 0.3) is 11.1 Å². The fourth-order valence-corrected chi connectivity index (χ4v) is 3.56. The van der Waals surface area contributed by atoms with Crippen molar-refractivity contribution in [1.29, 1.82) is 0 Å². The van der Waals surface area contributed by atoms with Gasteiger partial charge >= 0.3 is 5.97 Å². The highest BCUT2D eigenvalue weighted by Gasteiger charge is 2.16. The van der Waals surface area contributed by atoms with Crippen LogP contribution >= 0.6 is 11.8 Å². The molecule has 3 aromatic rings. The zero-order valence-electron chi connectivity index (χ0n) is 15.5. The van der Waals surface area contributed by atoms with E-state index < -0.39 is 5.97 Å². The number of para-hydroxylation sites is 1. The monoisotopic (exact) mass is 390 g/mol. The third-order valence-corrected chi connectivity index (χ3v) is 5.17. The first-order chi connectivity index (χ1) is 13.8. The highest BCUT2D eigenvalue weighted by atomic mass is 32.2. The summed E-state index contributed by atoms with van der Waals surface area (Å²) in [5.41, 5.74) is 2.09. The molecular formula is C24H22O3S. The molecule has 4 heteroatoms. The lowest BCUT2D eigenvalue weighted by molar-refractivity contribution is -0.143. The van der Waals surface area contributed by atoms with Crippen LogP contribution in [0.5, 0.6) is 5.75 Å². The fraction of sp³-hybridized carbons (Fsp3) is 0.125. The number of rotatable bonds is 9. The Kier molecular flexibility index (Phi) is 7.33. The van der Waals surface area contributed by atoms with Crippen molar-refractivity contribution in [3.63, 3.8) is 0 Å². The lowest BCUT2D eigenvalue weighted by Gasteiger charge is -2.19. The lowest BCUT2D eigenvalue weighted by atomic mass is 10.1. The molecule has 0 heterocycles. The zero-order chi connectivity index (χ0) is 19.6. The number of hydrogen-bond donors (Lipinski definition) is 0. The van der Waals surface area contributed by atoms with Crippen molar-refractivity contribution in [2.75, 3.05) is 12.4 Å². The lowest BCUT2D eigenvalue weighted by Crippen LogP contribution is -2.27. The van der Waals surface area contributed by atoms with Crippen molar-refractivity contribution >= 4 is 17.7 Å². The van der Waals surface area contributed by atoms with Gasteiger partial charge in [-0.15, -0.1) is 11.8 Å². The summed E-state index contributed by atoms with van der Waals surface area (Å²) in [6.45, 7) is 3.75. The van der Waals surface area contributed by atoms with E-state index in [1.807, 2.05) is 84.9 Å². The second-order valence-corrected chi connectivity index (χ2v) is 7.15. The second kappa shape index (κ2) is 10.4. The molecule has 142 valence electrons. The molecule has 0 amide bonds. The summed E-state index contributed by atoms with van der Waals surface area (Å²) in [7, 11) is 0. The van der Waals surface area contributed by atoms with E-state index in [1.54, 1.807) is 11.8 Å². The number of carbonyl (C=O) groups excluding carboxylic acids is 1. The van der Waals surface area contributed by atoms with Crippen LogP contribution in [0.3, 0.4) is 0 Å². The largest absolute Gasteiger partial charge is 0.489 e. The average Bonchev–Trinajstić information content (AvgIpc) is 2.77. The first-order valence-electron chi connectivity index (χ1n) is 9.04. The van der Waals surface area contributed by atoms with Gasteiger partial charge in [-0.2, -0.15) is 0 Å². The Morgan fingerprint density at radius 3 is 2.29 bits per heavy atom. The molecule has 0 saturated heterocycles. The van der Waals surface area contributed by atoms with Crippen molar-refractivity contribution in [3.8, 4) is 16.9 Å². The standard InChI is InChI=1S/C24H22O3S/c1-2-24(25)27-20(18-28-21-13-7-4-8-14-21)17-26-23-16-10-9-15-22(23)19-11-5-3-6-12-19/h2-16,20H,1,17-18H2. The topological polar surface area (TPSA) is 35.5 Å². The molecule has 0 N–H and O–H groups in total. The maximum Gasteiger partial charge on any atom is 0.330 e. The number of ether oxygens (including phenoxy) is 2. The number of benzene rings is 3. The first-order valence-corrected chi connectivity index (χ1v) is 10.0. The van der Waals surface area contributed by atoms with Crippen molar-refractivity contribution < 1.29 is 14.3 Å². The minimum absolute atomic E-state index is 0.267. The van der Waals surface area contributed by atoms with E-state index in [0.29, 0.717) is 5.75 Å². The van der Waals surface area contributed by atoms with Gasteiger partial charge in [0.25, 0.3) is 0 Å². The van der Waals surface area contributed by atoms with Crippen LogP contribution in [0.1, 0.15) is 0 Å². The molecule has 0 aromatic heterocycles. The molecule has 0 aliphatic heterocycles. The van der Waals surface area contributed by atoms with Crippen molar-refractivity contribution in [1.82, 2.24) is 0 Å². The van der Waals surface area contributed by atoms with Crippen LogP contribution in [0.4, 0.5) is 0 Å². The van der Waals surface area contributed by atoms with Gasteiger partial charge in [-0.1, -0.05) is 73.3 Å². The maximum absolute atomic E-state index is 11.7. The summed E-state index contributed by atoms with van der Waals surface area (Å²) < 4.78 is 11.5. The molecule has 0 aliphatic rings. The molecule has 3 nitrogen and oxygen atoms in total. The SMILES string of the molecule is C=CC(=O)OC(COc1ccccc1-c1ccccc1)CSc1ccccc1. The molecule has 1 atom stereocenters. The quantitative estimate of drug-likeness (QED) is 0.270. The smallest absolute Gasteiger partial charge is 0.330 e. The van der Waals surface area contributed by atoms with Gasteiger partial charge < -0.3 is 9.47 Å². The van der Waals surface area contributed by atoms with Crippen LogP contribution in [-0.4, -0.2) is 24.4 Å². The summed E-state index contributed by atoms with van der Waals surface area (Å²) >= 11 is 1.63. The molecule has 3 rings (SSSR count). The van der Waals surface area contributed by atoms with Crippen LogP contribution in [0.15, 0.2) is 102 Å². The molecule has 0 radical (unpaired) electrons. The number of thioether (sulfide) groups is 1. The van der Waals surface area contributed by atoms with Gasteiger partial charge in [-0.3, -0.25) is 0 Å². The number of carbonyl (C=O) groups is 1. The van der Waals surface area contributed by atoms with Gasteiger partial charge in [-0.05, 0) is 23.8 Å². The van der Waals surface area contributed by atoms with E-state index in [2.05, 4.69) is 6.58 Å². The molecule has 0 spiro atoms. The van der Waals surface area contributed by atoms with E-state index in [-0.39, 0.29) is 12.7 Å². The molecular weight excluding hydrogens is 368 g/mol. The van der Waals surface area contributed by atoms with E-state index in [0.717, 1.165) is 21.8 Å². The molecule has 0 bridgehead atoms. The molecule has 28 heavy (non-hydrogen) atoms. The Bertz CT molecular complexity index is 894. The number of esters is 1. The predicted octanol–water partition coefficient (Wildman–Crippen LogP) is 5.62. The summed E-state index contributed by atoms with van der Waals surface area (Å²) in [6, 6.07) is 27.9. The Balaban J connectivity index is 1.69. The van der Waals surface area contributed by atoms with Crippen molar-refractivity contribution in [2.45, 2.75) is 11.0 Å². The number of hydrogen-bond acceptors (Lipinski definition) is 4. The van der Waals surface area contributed by atoms with Gasteiger partial charge in [0.1, 0.15) is 18.5 Å². The maximum atomic E-state index is 11.7. The average molecular weight is 391 g/mol. The summed E-state index contributed by atoms with van der Waals surface area (Å²) in [6.07, 6.45) is 0.789. The van der Waals surface area contributed by atoms with E-state index in [4.69, 9.17) is 9.47 Å². The minimum atomic E-state index is -0.446.